The molecule has 4 nitrogen and oxygen atoms in total. The zero-order chi connectivity index (χ0) is 15.6. The largest absolute Gasteiger partial charge is 0.341 e. The predicted molar refractivity (Wildman–Crippen MR) is 92.7 cm³/mol. The third-order valence-corrected chi connectivity index (χ3v) is 5.03. The number of hydrogen-bond acceptors (Lipinski definition) is 4. The molecule has 0 atom stereocenters. The summed E-state index contributed by atoms with van der Waals surface area (Å²) in [6.07, 6.45) is 3.40. The van der Waals surface area contributed by atoms with Crippen LogP contribution in [0.3, 0.4) is 0 Å². The number of anilines is 1. The van der Waals surface area contributed by atoms with Crippen LogP contribution in [0.2, 0.25) is 5.15 Å². The highest BCUT2D eigenvalue weighted by Gasteiger charge is 2.24. The normalized spacial score (nSPS) is 18.2. The Morgan fingerprint density at radius 2 is 1.78 bits per heavy atom. The molecule has 1 aromatic carbocycles. The summed E-state index contributed by atoms with van der Waals surface area (Å²) in [7, 11) is 0. The third-order valence-electron chi connectivity index (χ3n) is 4.71. The van der Waals surface area contributed by atoms with Crippen molar-refractivity contribution in [3.63, 3.8) is 0 Å². The van der Waals surface area contributed by atoms with Crippen molar-refractivity contribution in [3.05, 3.63) is 52.3 Å². The standard InChI is InChI=1S/C18H21ClN4/c19-17-15-13-22(12-14-6-2-1-3-7-14)11-8-16(15)20-18(21-17)23-9-4-5-10-23/h1-3,6-7H,4-5,8-13H2. The SMILES string of the molecule is Clc1nc(N2CCCC2)nc2c1CN(Cc1ccccc1)CC2. The lowest BCUT2D eigenvalue weighted by Crippen LogP contribution is -2.32. The summed E-state index contributed by atoms with van der Waals surface area (Å²) in [6, 6.07) is 10.6. The van der Waals surface area contributed by atoms with Crippen molar-refractivity contribution < 1.29 is 0 Å². The highest BCUT2D eigenvalue weighted by atomic mass is 35.5. The monoisotopic (exact) mass is 328 g/mol. The van der Waals surface area contributed by atoms with Crippen LogP contribution in [0.4, 0.5) is 5.95 Å². The van der Waals surface area contributed by atoms with Gasteiger partial charge in [0, 0.05) is 44.7 Å². The van der Waals surface area contributed by atoms with Gasteiger partial charge in [-0.2, -0.15) is 0 Å². The summed E-state index contributed by atoms with van der Waals surface area (Å²) in [4.78, 5) is 14.0. The van der Waals surface area contributed by atoms with Gasteiger partial charge in [-0.05, 0) is 18.4 Å². The smallest absolute Gasteiger partial charge is 0.227 e. The molecule has 0 unspecified atom stereocenters. The Bertz CT molecular complexity index is 683. The van der Waals surface area contributed by atoms with E-state index in [1.165, 1.54) is 18.4 Å². The predicted octanol–water partition coefficient (Wildman–Crippen LogP) is 3.29. The molecule has 1 fully saturated rings. The van der Waals surface area contributed by atoms with Gasteiger partial charge < -0.3 is 4.90 Å². The number of aromatic nitrogens is 2. The van der Waals surface area contributed by atoms with Crippen LogP contribution < -0.4 is 4.90 Å². The zero-order valence-corrected chi connectivity index (χ0v) is 14.0. The maximum atomic E-state index is 6.49. The maximum Gasteiger partial charge on any atom is 0.227 e. The number of nitrogens with zero attached hydrogens (tertiary/aromatic N) is 4. The Labute approximate surface area is 142 Å². The van der Waals surface area contributed by atoms with E-state index >= 15 is 0 Å². The Balaban J connectivity index is 1.53. The summed E-state index contributed by atoms with van der Waals surface area (Å²) in [6.45, 7) is 4.91. The molecule has 2 aromatic rings. The van der Waals surface area contributed by atoms with Gasteiger partial charge in [0.05, 0.1) is 5.69 Å². The molecule has 2 aliphatic heterocycles. The first-order valence-corrected chi connectivity index (χ1v) is 8.74. The summed E-state index contributed by atoms with van der Waals surface area (Å²) < 4.78 is 0. The molecule has 120 valence electrons. The summed E-state index contributed by atoms with van der Waals surface area (Å²) in [5.74, 6) is 0.822. The second-order valence-corrected chi connectivity index (χ2v) is 6.74. The van der Waals surface area contributed by atoms with Gasteiger partial charge in [0.15, 0.2) is 0 Å². The lowest BCUT2D eigenvalue weighted by Gasteiger charge is -2.29. The van der Waals surface area contributed by atoms with Crippen molar-refractivity contribution in [2.24, 2.45) is 0 Å². The first-order valence-electron chi connectivity index (χ1n) is 8.36. The van der Waals surface area contributed by atoms with Crippen LogP contribution in [-0.2, 0) is 19.5 Å². The van der Waals surface area contributed by atoms with Crippen LogP contribution in [0.15, 0.2) is 30.3 Å². The molecule has 3 heterocycles. The van der Waals surface area contributed by atoms with Crippen LogP contribution in [0.5, 0.6) is 0 Å². The van der Waals surface area contributed by atoms with E-state index in [0.717, 1.165) is 56.4 Å². The molecule has 1 saturated heterocycles. The van der Waals surface area contributed by atoms with Gasteiger partial charge in [0.2, 0.25) is 5.95 Å². The molecule has 0 N–H and O–H groups in total. The van der Waals surface area contributed by atoms with Crippen LogP contribution in [0.25, 0.3) is 0 Å². The van der Waals surface area contributed by atoms with Crippen molar-refractivity contribution in [2.75, 3.05) is 24.5 Å². The molecular weight excluding hydrogens is 308 g/mol. The highest BCUT2D eigenvalue weighted by Crippen LogP contribution is 2.28. The maximum absolute atomic E-state index is 6.49. The van der Waals surface area contributed by atoms with Crippen molar-refractivity contribution in [3.8, 4) is 0 Å². The van der Waals surface area contributed by atoms with Crippen molar-refractivity contribution >= 4 is 17.5 Å². The van der Waals surface area contributed by atoms with Crippen molar-refractivity contribution in [1.29, 1.82) is 0 Å². The molecule has 0 radical (unpaired) electrons. The summed E-state index contributed by atoms with van der Waals surface area (Å²) >= 11 is 6.49. The van der Waals surface area contributed by atoms with Crippen LogP contribution in [-0.4, -0.2) is 34.5 Å². The van der Waals surface area contributed by atoms with Crippen molar-refractivity contribution in [1.82, 2.24) is 14.9 Å². The molecule has 0 bridgehead atoms. The molecule has 2 aliphatic rings. The molecule has 0 spiro atoms. The van der Waals surface area contributed by atoms with Gasteiger partial charge in [-0.15, -0.1) is 0 Å². The fraction of sp³-hybridized carbons (Fsp3) is 0.444. The van der Waals surface area contributed by atoms with Gasteiger partial charge in [-0.1, -0.05) is 41.9 Å². The topological polar surface area (TPSA) is 32.3 Å². The number of halogens is 1. The number of benzene rings is 1. The van der Waals surface area contributed by atoms with E-state index in [9.17, 15) is 0 Å². The van der Waals surface area contributed by atoms with Crippen LogP contribution >= 0.6 is 11.6 Å². The molecule has 0 amide bonds. The van der Waals surface area contributed by atoms with Crippen molar-refractivity contribution in [2.45, 2.75) is 32.4 Å². The molecular formula is C18H21ClN4. The summed E-state index contributed by atoms with van der Waals surface area (Å²) in [5, 5.41) is 0.634. The summed E-state index contributed by atoms with van der Waals surface area (Å²) in [5.41, 5.74) is 3.58. The van der Waals surface area contributed by atoms with Gasteiger partial charge in [-0.25, -0.2) is 9.97 Å². The Kier molecular flexibility index (Phi) is 4.19. The average molecular weight is 329 g/mol. The van der Waals surface area contributed by atoms with E-state index in [1.807, 2.05) is 0 Å². The van der Waals surface area contributed by atoms with Gasteiger partial charge in [0.1, 0.15) is 5.15 Å². The second-order valence-electron chi connectivity index (χ2n) is 6.38. The molecule has 4 rings (SSSR count). The van der Waals surface area contributed by atoms with Gasteiger partial charge in [0.25, 0.3) is 0 Å². The molecule has 23 heavy (non-hydrogen) atoms. The number of rotatable bonds is 3. The first kappa shape index (κ1) is 14.9. The van der Waals surface area contributed by atoms with E-state index in [1.54, 1.807) is 0 Å². The Morgan fingerprint density at radius 3 is 2.57 bits per heavy atom. The fourth-order valence-corrected chi connectivity index (χ4v) is 3.70. The molecule has 5 heteroatoms. The highest BCUT2D eigenvalue weighted by molar-refractivity contribution is 6.30. The minimum absolute atomic E-state index is 0.634. The minimum atomic E-state index is 0.634. The van der Waals surface area contributed by atoms with E-state index in [2.05, 4.69) is 45.1 Å². The first-order chi connectivity index (χ1) is 11.3. The molecule has 0 saturated carbocycles. The number of hydrogen-bond donors (Lipinski definition) is 0. The molecule has 0 aliphatic carbocycles. The quantitative estimate of drug-likeness (QED) is 0.809. The second kappa shape index (κ2) is 6.46. The Hall–Kier alpha value is -1.65. The van der Waals surface area contributed by atoms with Crippen LogP contribution in [0, 0.1) is 0 Å². The minimum Gasteiger partial charge on any atom is -0.341 e. The van der Waals surface area contributed by atoms with Gasteiger partial charge >= 0.3 is 0 Å². The zero-order valence-electron chi connectivity index (χ0n) is 13.2. The average Bonchev–Trinajstić information content (AvgIpc) is 3.11. The lowest BCUT2D eigenvalue weighted by molar-refractivity contribution is 0.243. The van der Waals surface area contributed by atoms with Crippen LogP contribution in [0.1, 0.15) is 29.7 Å². The van der Waals surface area contributed by atoms with E-state index in [4.69, 9.17) is 16.6 Å². The Morgan fingerprint density at radius 1 is 1.00 bits per heavy atom. The van der Waals surface area contributed by atoms with E-state index in [0.29, 0.717) is 5.15 Å². The fourth-order valence-electron chi connectivity index (χ4n) is 3.45. The van der Waals surface area contributed by atoms with Gasteiger partial charge in [-0.3, -0.25) is 4.90 Å². The van der Waals surface area contributed by atoms with E-state index in [-0.39, 0.29) is 0 Å². The van der Waals surface area contributed by atoms with E-state index < -0.39 is 0 Å². The molecule has 1 aromatic heterocycles. The third kappa shape index (κ3) is 3.19. The lowest BCUT2D eigenvalue weighted by atomic mass is 10.1. The number of fused-ring (bicyclic) bond motifs is 1.